The van der Waals surface area contributed by atoms with Crippen molar-refractivity contribution in [2.24, 2.45) is 17.6 Å². The number of anilines is 2. The molecule has 4 rings (SSSR count). The highest BCUT2D eigenvalue weighted by Crippen LogP contribution is 2.45. The number of benzene rings is 1. The zero-order valence-electron chi connectivity index (χ0n) is 19.6. The zero-order valence-corrected chi connectivity index (χ0v) is 19.6. The molecule has 1 aromatic heterocycles. The number of methoxy groups -OCH3 is 3. The number of ether oxygens (including phenoxy) is 3. The number of carbonyl (C=O) groups is 2. The predicted octanol–water partition coefficient (Wildman–Crippen LogP) is 0.721. The maximum Gasteiger partial charge on any atom is 0.258 e. The first-order valence-corrected chi connectivity index (χ1v) is 11.0. The third kappa shape index (κ3) is 4.21. The summed E-state index contributed by atoms with van der Waals surface area (Å²) in [6, 6.07) is 5.23. The molecule has 2 aliphatic heterocycles. The Bertz CT molecular complexity index is 1240. The quantitative estimate of drug-likeness (QED) is 0.536. The number of carbonyl (C=O) groups excluding carboxylic acids is 2. The van der Waals surface area contributed by atoms with E-state index in [-0.39, 0.29) is 29.2 Å². The van der Waals surface area contributed by atoms with E-state index in [2.05, 4.69) is 15.3 Å². The van der Waals surface area contributed by atoms with Gasteiger partial charge in [-0.15, -0.1) is 0 Å². The van der Waals surface area contributed by atoms with E-state index in [1.807, 2.05) is 11.0 Å². The van der Waals surface area contributed by atoms with Crippen LogP contribution in [0.4, 0.5) is 11.8 Å². The third-order valence-corrected chi connectivity index (χ3v) is 6.49. The summed E-state index contributed by atoms with van der Waals surface area (Å²) in [6.07, 6.45) is 1.07. The molecule has 1 fully saturated rings. The maximum atomic E-state index is 13.3. The summed E-state index contributed by atoms with van der Waals surface area (Å²) >= 11 is 0. The first-order valence-electron chi connectivity index (χ1n) is 11.0. The monoisotopic (exact) mass is 482 g/mol. The number of nitrogens with one attached hydrogen (secondary N) is 2. The lowest BCUT2D eigenvalue weighted by Crippen LogP contribution is -2.42. The molecule has 184 valence electrons. The minimum Gasteiger partial charge on any atom is -0.493 e. The molecule has 3 heterocycles. The Labute approximate surface area is 201 Å². The van der Waals surface area contributed by atoms with Crippen molar-refractivity contribution >= 4 is 23.6 Å². The number of nitrogens with zero attached hydrogens (tertiary/aromatic N) is 3. The van der Waals surface area contributed by atoms with Crippen LogP contribution in [0.1, 0.15) is 29.9 Å². The van der Waals surface area contributed by atoms with Crippen LogP contribution in [0.25, 0.3) is 0 Å². The van der Waals surface area contributed by atoms with E-state index in [9.17, 15) is 19.6 Å². The van der Waals surface area contributed by atoms with Crippen molar-refractivity contribution in [3.8, 4) is 23.3 Å². The second-order valence-electron chi connectivity index (χ2n) is 8.35. The molecule has 12 heteroatoms. The van der Waals surface area contributed by atoms with Crippen LogP contribution < -0.4 is 35.7 Å². The van der Waals surface area contributed by atoms with Crippen LogP contribution in [-0.2, 0) is 9.59 Å². The number of piperidine rings is 1. The van der Waals surface area contributed by atoms with Gasteiger partial charge in [-0.25, -0.2) is 0 Å². The molecule has 2 amide bonds. The van der Waals surface area contributed by atoms with Gasteiger partial charge < -0.3 is 30.2 Å². The van der Waals surface area contributed by atoms with Gasteiger partial charge in [-0.2, -0.15) is 10.2 Å². The number of aromatic amines is 1. The zero-order chi connectivity index (χ0) is 25.3. The molecule has 0 aliphatic carbocycles. The second-order valence-corrected chi connectivity index (χ2v) is 8.35. The highest BCUT2D eigenvalue weighted by molar-refractivity contribution is 5.98. The van der Waals surface area contributed by atoms with E-state index in [4.69, 9.17) is 19.9 Å². The second kappa shape index (κ2) is 9.54. The normalized spacial score (nSPS) is 19.8. The highest BCUT2D eigenvalue weighted by Gasteiger charge is 2.41. The van der Waals surface area contributed by atoms with E-state index in [0.717, 1.165) is 0 Å². The number of nitriles is 1. The van der Waals surface area contributed by atoms with Crippen LogP contribution >= 0.6 is 0 Å². The Morgan fingerprint density at radius 3 is 2.29 bits per heavy atom. The number of fused-ring (bicyclic) bond motifs is 1. The van der Waals surface area contributed by atoms with Crippen molar-refractivity contribution in [2.75, 3.05) is 44.6 Å². The number of aromatic nitrogens is 2. The molecule has 2 aromatic rings. The topological polar surface area (TPSA) is 173 Å². The highest BCUT2D eigenvalue weighted by atomic mass is 16.5. The van der Waals surface area contributed by atoms with Gasteiger partial charge in [-0.05, 0) is 30.5 Å². The summed E-state index contributed by atoms with van der Waals surface area (Å²) in [5, 5.41) is 12.4. The molecule has 2 atom stereocenters. The average molecular weight is 482 g/mol. The number of hydrogen-bond donors (Lipinski definition) is 3. The SMILES string of the molecule is COc1cc(C2c3c(nc(N4CCC(C(N)=O)CC4)[nH]c3=O)NC(=O)C2C#N)cc(OC)c1OC. The number of rotatable bonds is 6. The summed E-state index contributed by atoms with van der Waals surface area (Å²) in [6.45, 7) is 0.945. The van der Waals surface area contributed by atoms with Gasteiger partial charge in [0.25, 0.3) is 5.56 Å². The smallest absolute Gasteiger partial charge is 0.258 e. The summed E-state index contributed by atoms with van der Waals surface area (Å²) < 4.78 is 16.2. The van der Waals surface area contributed by atoms with Crippen molar-refractivity contribution < 1.29 is 23.8 Å². The van der Waals surface area contributed by atoms with Crippen LogP contribution in [0.3, 0.4) is 0 Å². The molecule has 2 aliphatic rings. The van der Waals surface area contributed by atoms with Crippen LogP contribution in [0.15, 0.2) is 16.9 Å². The fraction of sp³-hybridized carbons (Fsp3) is 0.435. The average Bonchev–Trinajstić information content (AvgIpc) is 2.86. The van der Waals surface area contributed by atoms with Gasteiger partial charge >= 0.3 is 0 Å². The lowest BCUT2D eigenvalue weighted by molar-refractivity contribution is -0.122. The third-order valence-electron chi connectivity index (χ3n) is 6.49. The Kier molecular flexibility index (Phi) is 6.50. The van der Waals surface area contributed by atoms with E-state index in [1.165, 1.54) is 21.3 Å². The maximum absolute atomic E-state index is 13.3. The van der Waals surface area contributed by atoms with Crippen molar-refractivity contribution in [2.45, 2.75) is 18.8 Å². The fourth-order valence-electron chi connectivity index (χ4n) is 4.67. The Morgan fingerprint density at radius 1 is 1.14 bits per heavy atom. The summed E-state index contributed by atoms with van der Waals surface area (Å²) in [5.41, 5.74) is 5.54. The van der Waals surface area contributed by atoms with Crippen LogP contribution in [0.5, 0.6) is 17.2 Å². The first kappa shape index (κ1) is 23.9. The van der Waals surface area contributed by atoms with Crippen molar-refractivity contribution in [1.29, 1.82) is 5.26 Å². The largest absolute Gasteiger partial charge is 0.493 e. The minimum absolute atomic E-state index is 0.0797. The minimum atomic E-state index is -1.19. The van der Waals surface area contributed by atoms with Gasteiger partial charge in [0.05, 0.1) is 33.0 Å². The van der Waals surface area contributed by atoms with E-state index in [0.29, 0.717) is 48.7 Å². The molecule has 0 radical (unpaired) electrons. The Hall–Kier alpha value is -4.27. The fourth-order valence-corrected chi connectivity index (χ4v) is 4.67. The molecular formula is C23H26N6O6. The van der Waals surface area contributed by atoms with Gasteiger partial charge in [0.1, 0.15) is 11.7 Å². The van der Waals surface area contributed by atoms with E-state index < -0.39 is 23.3 Å². The Morgan fingerprint density at radius 2 is 1.77 bits per heavy atom. The molecule has 2 unspecified atom stereocenters. The molecule has 12 nitrogen and oxygen atoms in total. The summed E-state index contributed by atoms with van der Waals surface area (Å²) in [7, 11) is 4.36. The molecule has 0 saturated carbocycles. The predicted molar refractivity (Wildman–Crippen MR) is 125 cm³/mol. The molecule has 0 bridgehead atoms. The number of H-pyrrole nitrogens is 1. The number of amides is 2. The molecular weight excluding hydrogens is 456 g/mol. The summed E-state index contributed by atoms with van der Waals surface area (Å²) in [4.78, 5) is 46.8. The van der Waals surface area contributed by atoms with E-state index >= 15 is 0 Å². The van der Waals surface area contributed by atoms with Crippen LogP contribution in [0, 0.1) is 23.2 Å². The molecule has 1 aromatic carbocycles. The Balaban J connectivity index is 1.80. The molecule has 35 heavy (non-hydrogen) atoms. The summed E-state index contributed by atoms with van der Waals surface area (Å²) in [5.74, 6) is -1.92. The van der Waals surface area contributed by atoms with Gasteiger partial charge in [-0.3, -0.25) is 19.4 Å². The van der Waals surface area contributed by atoms with Crippen molar-refractivity contribution in [1.82, 2.24) is 9.97 Å². The molecule has 4 N–H and O–H groups in total. The lowest BCUT2D eigenvalue weighted by atomic mass is 9.79. The van der Waals surface area contributed by atoms with Gasteiger partial charge in [0.2, 0.25) is 23.5 Å². The first-order chi connectivity index (χ1) is 16.8. The lowest BCUT2D eigenvalue weighted by Gasteiger charge is -2.33. The molecule has 0 spiro atoms. The van der Waals surface area contributed by atoms with Crippen molar-refractivity contribution in [3.05, 3.63) is 33.6 Å². The van der Waals surface area contributed by atoms with Gasteiger partial charge in [0, 0.05) is 24.9 Å². The number of nitrogens with two attached hydrogens (primary N) is 1. The van der Waals surface area contributed by atoms with Crippen LogP contribution in [0.2, 0.25) is 0 Å². The van der Waals surface area contributed by atoms with Crippen LogP contribution in [-0.4, -0.2) is 56.2 Å². The van der Waals surface area contributed by atoms with Gasteiger partial charge in [0.15, 0.2) is 11.5 Å². The van der Waals surface area contributed by atoms with Crippen molar-refractivity contribution in [3.63, 3.8) is 0 Å². The standard InChI is InChI=1S/C23H26N6O6/c1-33-14-8-12(9-15(34-2)18(14)35-3)16-13(10-24)21(31)26-20-17(16)22(32)28-23(27-20)29-6-4-11(5-7-29)19(25)30/h8-9,11,13,16H,4-7H2,1-3H3,(H2,25,30)(H2,26,27,28,31,32). The number of primary amides is 1. The number of hydrogen-bond acceptors (Lipinski definition) is 9. The van der Waals surface area contributed by atoms with E-state index in [1.54, 1.807) is 12.1 Å². The molecule has 1 saturated heterocycles. The van der Waals surface area contributed by atoms with Gasteiger partial charge in [-0.1, -0.05) is 0 Å².